The van der Waals surface area contributed by atoms with Gasteiger partial charge in [-0.1, -0.05) is 0 Å². The predicted octanol–water partition coefficient (Wildman–Crippen LogP) is 1.84. The van der Waals surface area contributed by atoms with Crippen molar-refractivity contribution in [2.75, 3.05) is 26.2 Å². The molecule has 1 atom stereocenters. The molecule has 2 amide bonds. The third-order valence-corrected chi connectivity index (χ3v) is 5.21. The summed E-state index contributed by atoms with van der Waals surface area (Å²) in [5.74, 6) is -4.63. The lowest BCUT2D eigenvalue weighted by Gasteiger charge is -2.33. The number of aliphatic carboxylic acids is 1. The van der Waals surface area contributed by atoms with Crippen molar-refractivity contribution >= 4 is 17.8 Å². The van der Waals surface area contributed by atoms with E-state index in [0.717, 1.165) is 12.1 Å². The van der Waals surface area contributed by atoms with E-state index in [-0.39, 0.29) is 37.5 Å². The molecule has 1 aromatic rings. The van der Waals surface area contributed by atoms with E-state index in [1.807, 2.05) is 0 Å². The van der Waals surface area contributed by atoms with Gasteiger partial charge in [-0.3, -0.25) is 9.59 Å². The van der Waals surface area contributed by atoms with Crippen LogP contribution in [0.3, 0.4) is 0 Å². The van der Waals surface area contributed by atoms with Crippen molar-refractivity contribution < 1.29 is 32.7 Å². The summed E-state index contributed by atoms with van der Waals surface area (Å²) in [6, 6.07) is 2.73. The van der Waals surface area contributed by atoms with Crippen molar-refractivity contribution in [3.63, 3.8) is 0 Å². The summed E-state index contributed by atoms with van der Waals surface area (Å²) in [5, 5.41) is 8.91. The largest absolute Gasteiger partial charge is 0.479 e. The van der Waals surface area contributed by atoms with Gasteiger partial charge in [0.05, 0.1) is 12.1 Å². The number of alkyl halides is 1. The molecule has 0 aromatic heterocycles. The monoisotopic (exact) mass is 384 g/mol. The number of hydrogen-bond donors (Lipinski definition) is 1. The van der Waals surface area contributed by atoms with Gasteiger partial charge in [0, 0.05) is 38.0 Å². The number of halogens is 3. The fraction of sp³-hybridized carbons (Fsp3) is 0.500. The van der Waals surface area contributed by atoms with E-state index in [4.69, 9.17) is 5.11 Å². The zero-order chi connectivity index (χ0) is 19.8. The molecule has 1 unspecified atom stereocenters. The molecule has 3 rings (SSSR count). The fourth-order valence-electron chi connectivity index (χ4n) is 3.56. The van der Waals surface area contributed by atoms with Gasteiger partial charge in [0.2, 0.25) is 11.6 Å². The topological polar surface area (TPSA) is 77.9 Å². The number of carbonyl (C=O) groups is 3. The molecule has 2 fully saturated rings. The molecule has 1 aromatic carbocycles. The van der Waals surface area contributed by atoms with Gasteiger partial charge in [0.15, 0.2) is 0 Å². The van der Waals surface area contributed by atoms with Crippen LogP contribution in [-0.4, -0.2) is 64.5 Å². The van der Waals surface area contributed by atoms with E-state index in [2.05, 4.69) is 0 Å². The van der Waals surface area contributed by atoms with Gasteiger partial charge in [0.1, 0.15) is 11.6 Å². The first kappa shape index (κ1) is 19.2. The van der Waals surface area contributed by atoms with E-state index in [0.29, 0.717) is 18.9 Å². The number of carboxylic acid groups (broad SMARTS) is 1. The molecule has 1 N–H and O–H groups in total. The molecular weight excluding hydrogens is 365 g/mol. The summed E-state index contributed by atoms with van der Waals surface area (Å²) >= 11 is 0. The van der Waals surface area contributed by atoms with Crippen molar-refractivity contribution in [3.05, 3.63) is 35.4 Å². The Morgan fingerprint density at radius 3 is 2.30 bits per heavy atom. The Bertz CT molecular complexity index is 780. The lowest BCUT2D eigenvalue weighted by molar-refractivity contribution is -0.150. The summed E-state index contributed by atoms with van der Waals surface area (Å²) < 4.78 is 40.9. The second-order valence-corrected chi connectivity index (χ2v) is 6.97. The first-order chi connectivity index (χ1) is 12.7. The molecule has 0 saturated carbocycles. The average molecular weight is 384 g/mol. The number of nitrogens with zero attached hydrogens (tertiary/aromatic N) is 2. The number of carboxylic acids is 1. The first-order valence-corrected chi connectivity index (χ1v) is 8.67. The number of amides is 2. The van der Waals surface area contributed by atoms with E-state index in [1.165, 1.54) is 9.80 Å². The maximum atomic E-state index is 14.1. The molecular formula is C18H19F3N2O4. The van der Waals surface area contributed by atoms with E-state index < -0.39 is 41.6 Å². The van der Waals surface area contributed by atoms with Gasteiger partial charge < -0.3 is 14.9 Å². The van der Waals surface area contributed by atoms with Crippen molar-refractivity contribution in [2.24, 2.45) is 5.92 Å². The lowest BCUT2D eigenvalue weighted by atomic mass is 9.94. The Hall–Kier alpha value is -2.58. The minimum absolute atomic E-state index is 0.0432. The Balaban J connectivity index is 1.58. The van der Waals surface area contributed by atoms with Crippen LogP contribution in [0, 0.1) is 17.6 Å². The Morgan fingerprint density at radius 2 is 1.74 bits per heavy atom. The summed E-state index contributed by atoms with van der Waals surface area (Å²) in [7, 11) is 0. The molecule has 0 spiro atoms. The zero-order valence-corrected chi connectivity index (χ0v) is 14.5. The van der Waals surface area contributed by atoms with Crippen LogP contribution in [0.2, 0.25) is 0 Å². The summed E-state index contributed by atoms with van der Waals surface area (Å²) in [6.45, 7) is -0.0120. The van der Waals surface area contributed by atoms with Crippen LogP contribution in [0.25, 0.3) is 0 Å². The van der Waals surface area contributed by atoms with Crippen LogP contribution in [0.15, 0.2) is 18.2 Å². The van der Waals surface area contributed by atoms with Gasteiger partial charge in [-0.25, -0.2) is 18.0 Å². The van der Waals surface area contributed by atoms with E-state index in [1.54, 1.807) is 0 Å². The maximum Gasteiger partial charge on any atom is 0.343 e. The van der Waals surface area contributed by atoms with Gasteiger partial charge in [0.25, 0.3) is 5.91 Å². The summed E-state index contributed by atoms with van der Waals surface area (Å²) in [5.41, 5.74) is -2.64. The van der Waals surface area contributed by atoms with E-state index in [9.17, 15) is 27.6 Å². The van der Waals surface area contributed by atoms with Gasteiger partial charge in [-0.05, 0) is 25.0 Å². The predicted molar refractivity (Wildman–Crippen MR) is 87.7 cm³/mol. The highest BCUT2D eigenvalue weighted by Gasteiger charge is 2.48. The van der Waals surface area contributed by atoms with Gasteiger partial charge in [-0.15, -0.1) is 0 Å². The average Bonchev–Trinajstić information content (AvgIpc) is 3.04. The van der Waals surface area contributed by atoms with Crippen molar-refractivity contribution in [1.29, 1.82) is 0 Å². The van der Waals surface area contributed by atoms with Gasteiger partial charge >= 0.3 is 5.97 Å². The highest BCUT2D eigenvalue weighted by atomic mass is 19.1. The molecule has 0 bridgehead atoms. The molecule has 27 heavy (non-hydrogen) atoms. The molecule has 0 aliphatic carbocycles. The number of carbonyl (C=O) groups excluding carboxylic acids is 2. The summed E-state index contributed by atoms with van der Waals surface area (Å²) in [6.07, 6.45) is 0.391. The standard InChI is InChI=1S/C18H19F3N2O4/c19-12-1-2-13(14(20)9-12)16(25)22-6-3-11(4-7-22)15(24)23-8-5-18(21,10-23)17(26)27/h1-2,9,11H,3-8,10H2,(H,26,27). The quantitative estimate of drug-likeness (QED) is 0.863. The van der Waals surface area contributed by atoms with Crippen LogP contribution in [0.4, 0.5) is 13.2 Å². The van der Waals surface area contributed by atoms with Crippen LogP contribution in [-0.2, 0) is 9.59 Å². The number of piperidine rings is 1. The Labute approximate surface area is 153 Å². The molecule has 2 aliphatic heterocycles. The highest BCUT2D eigenvalue weighted by molar-refractivity contribution is 5.94. The first-order valence-electron chi connectivity index (χ1n) is 8.67. The molecule has 6 nitrogen and oxygen atoms in total. The normalized spacial score (nSPS) is 23.5. The third-order valence-electron chi connectivity index (χ3n) is 5.21. The number of likely N-dealkylation sites (tertiary alicyclic amines) is 2. The van der Waals surface area contributed by atoms with Crippen molar-refractivity contribution in [1.82, 2.24) is 9.80 Å². The maximum absolute atomic E-state index is 14.1. The smallest absolute Gasteiger partial charge is 0.343 e. The molecule has 0 radical (unpaired) electrons. The molecule has 146 valence electrons. The second kappa shape index (κ2) is 7.21. The van der Waals surface area contributed by atoms with E-state index >= 15 is 0 Å². The van der Waals surface area contributed by atoms with Crippen LogP contribution < -0.4 is 0 Å². The zero-order valence-electron chi connectivity index (χ0n) is 14.5. The van der Waals surface area contributed by atoms with Crippen LogP contribution >= 0.6 is 0 Å². The molecule has 2 heterocycles. The number of rotatable bonds is 3. The number of benzene rings is 1. The van der Waals surface area contributed by atoms with Crippen LogP contribution in [0.5, 0.6) is 0 Å². The third kappa shape index (κ3) is 3.77. The van der Waals surface area contributed by atoms with Gasteiger partial charge in [-0.2, -0.15) is 0 Å². The summed E-state index contributed by atoms with van der Waals surface area (Å²) in [4.78, 5) is 38.5. The second-order valence-electron chi connectivity index (χ2n) is 6.97. The van der Waals surface area contributed by atoms with Crippen molar-refractivity contribution in [2.45, 2.75) is 24.9 Å². The Morgan fingerprint density at radius 1 is 1.07 bits per heavy atom. The fourth-order valence-corrected chi connectivity index (χ4v) is 3.56. The Kier molecular flexibility index (Phi) is 5.12. The minimum Gasteiger partial charge on any atom is -0.479 e. The molecule has 2 saturated heterocycles. The van der Waals surface area contributed by atoms with Crippen LogP contribution in [0.1, 0.15) is 29.6 Å². The minimum atomic E-state index is -2.41. The number of hydrogen-bond acceptors (Lipinski definition) is 3. The SMILES string of the molecule is O=C(c1ccc(F)cc1F)N1CCC(C(=O)N2CCC(F)(C(=O)O)C2)CC1. The molecule has 2 aliphatic rings. The van der Waals surface area contributed by atoms with Crippen molar-refractivity contribution in [3.8, 4) is 0 Å². The molecule has 9 heteroatoms. The lowest BCUT2D eigenvalue weighted by Crippen LogP contribution is -2.45. The highest BCUT2D eigenvalue weighted by Crippen LogP contribution is 2.29.